The molecular weight excluding hydrogens is 238 g/mol. The number of hydrogen-bond donors (Lipinski definition) is 3. The fraction of sp³-hybridized carbons (Fsp3) is 0. The first kappa shape index (κ1) is 11.3. The van der Waals surface area contributed by atoms with E-state index in [2.05, 4.69) is 4.98 Å². The highest BCUT2D eigenvalue weighted by Gasteiger charge is 2.05. The zero-order chi connectivity index (χ0) is 13.4. The summed E-state index contributed by atoms with van der Waals surface area (Å²) in [6, 6.07) is 14.7. The summed E-state index contributed by atoms with van der Waals surface area (Å²) < 4.78 is 0. The molecule has 0 atom stereocenters. The molecule has 19 heavy (non-hydrogen) atoms. The molecule has 0 radical (unpaired) electrons. The number of aromatic hydroxyl groups is 1. The number of nitrogen functional groups attached to an aromatic ring is 2. The molecule has 0 aliphatic heterocycles. The van der Waals surface area contributed by atoms with Crippen LogP contribution in [0.4, 0.5) is 11.6 Å². The maximum atomic E-state index is 9.53. The second-order valence-electron chi connectivity index (χ2n) is 4.42. The summed E-state index contributed by atoms with van der Waals surface area (Å²) in [4.78, 5) is 4.06. The lowest BCUT2D eigenvalue weighted by molar-refractivity contribution is 0.475. The third-order valence-electron chi connectivity index (χ3n) is 3.06. The number of aromatic nitrogens is 1. The number of fused-ring (bicyclic) bond motifs is 1. The molecule has 0 unspecified atom stereocenters. The molecule has 0 aliphatic rings. The molecule has 5 N–H and O–H groups in total. The highest BCUT2D eigenvalue weighted by atomic mass is 16.3. The van der Waals surface area contributed by atoms with E-state index in [9.17, 15) is 5.11 Å². The summed E-state index contributed by atoms with van der Waals surface area (Å²) in [5, 5.41) is 11.3. The van der Waals surface area contributed by atoms with Crippen molar-refractivity contribution in [1.29, 1.82) is 0 Å². The van der Waals surface area contributed by atoms with Gasteiger partial charge in [0.25, 0.3) is 0 Å². The Hall–Kier alpha value is -2.75. The first-order valence-electron chi connectivity index (χ1n) is 5.88. The van der Waals surface area contributed by atoms with Crippen LogP contribution in [0.25, 0.3) is 21.9 Å². The van der Waals surface area contributed by atoms with E-state index in [-0.39, 0.29) is 5.75 Å². The van der Waals surface area contributed by atoms with E-state index in [1.54, 1.807) is 24.3 Å². The van der Waals surface area contributed by atoms with Gasteiger partial charge in [-0.2, -0.15) is 0 Å². The van der Waals surface area contributed by atoms with E-state index in [0.29, 0.717) is 11.6 Å². The Morgan fingerprint density at radius 2 is 1.68 bits per heavy atom. The normalized spacial score (nSPS) is 10.7. The highest BCUT2D eigenvalue weighted by molar-refractivity contribution is 5.95. The van der Waals surface area contributed by atoms with Gasteiger partial charge in [-0.1, -0.05) is 24.3 Å². The Kier molecular flexibility index (Phi) is 2.49. The minimum absolute atomic E-state index is 0.237. The summed E-state index contributed by atoms with van der Waals surface area (Å²) in [7, 11) is 0. The van der Waals surface area contributed by atoms with E-state index in [1.807, 2.05) is 24.3 Å². The average Bonchev–Trinajstić information content (AvgIpc) is 2.38. The molecule has 3 aromatic rings. The molecule has 0 fully saturated rings. The van der Waals surface area contributed by atoms with Crippen molar-refractivity contribution in [3.8, 4) is 16.9 Å². The maximum Gasteiger partial charge on any atom is 0.133 e. The van der Waals surface area contributed by atoms with Crippen LogP contribution in [-0.2, 0) is 0 Å². The SMILES string of the molecule is Nc1cc2ccc(-c3cccc(O)c3)cc2c(N)n1. The fourth-order valence-electron chi connectivity index (χ4n) is 2.16. The first-order chi connectivity index (χ1) is 9.13. The summed E-state index contributed by atoms with van der Waals surface area (Å²) in [5.41, 5.74) is 13.5. The van der Waals surface area contributed by atoms with Gasteiger partial charge in [0.05, 0.1) is 0 Å². The molecule has 2 aromatic carbocycles. The van der Waals surface area contributed by atoms with Crippen LogP contribution in [0.2, 0.25) is 0 Å². The molecule has 4 heteroatoms. The van der Waals surface area contributed by atoms with Crippen molar-refractivity contribution in [2.75, 3.05) is 11.5 Å². The van der Waals surface area contributed by atoms with Gasteiger partial charge in [0, 0.05) is 5.39 Å². The largest absolute Gasteiger partial charge is 0.508 e. The molecule has 4 nitrogen and oxygen atoms in total. The standard InChI is InChI=1S/C15H13N3O/c16-14-8-11-5-4-10(7-13(11)15(17)18-14)9-2-1-3-12(19)6-9/h1-8,19H,(H4,16,17,18). The highest BCUT2D eigenvalue weighted by Crippen LogP contribution is 2.29. The van der Waals surface area contributed by atoms with Crippen molar-refractivity contribution in [1.82, 2.24) is 4.98 Å². The van der Waals surface area contributed by atoms with Gasteiger partial charge in [0.2, 0.25) is 0 Å². The van der Waals surface area contributed by atoms with Gasteiger partial charge in [0.1, 0.15) is 17.4 Å². The van der Waals surface area contributed by atoms with Crippen molar-refractivity contribution in [3.63, 3.8) is 0 Å². The van der Waals surface area contributed by atoms with Gasteiger partial charge in [-0.15, -0.1) is 0 Å². The van der Waals surface area contributed by atoms with Crippen LogP contribution < -0.4 is 11.5 Å². The molecule has 0 amide bonds. The zero-order valence-corrected chi connectivity index (χ0v) is 10.2. The monoisotopic (exact) mass is 251 g/mol. The van der Waals surface area contributed by atoms with Gasteiger partial charge >= 0.3 is 0 Å². The summed E-state index contributed by atoms with van der Waals surface area (Å²) in [5.74, 6) is 1.06. The van der Waals surface area contributed by atoms with Crippen LogP contribution in [0.5, 0.6) is 5.75 Å². The van der Waals surface area contributed by atoms with Crippen molar-refractivity contribution in [2.45, 2.75) is 0 Å². The van der Waals surface area contributed by atoms with Crippen LogP contribution in [0.1, 0.15) is 0 Å². The Morgan fingerprint density at radius 1 is 0.895 bits per heavy atom. The minimum Gasteiger partial charge on any atom is -0.508 e. The lowest BCUT2D eigenvalue weighted by Gasteiger charge is -2.07. The van der Waals surface area contributed by atoms with E-state index < -0.39 is 0 Å². The van der Waals surface area contributed by atoms with Gasteiger partial charge in [-0.05, 0) is 40.8 Å². The molecule has 0 saturated carbocycles. The van der Waals surface area contributed by atoms with Gasteiger partial charge in [0.15, 0.2) is 0 Å². The van der Waals surface area contributed by atoms with Crippen LogP contribution in [0.3, 0.4) is 0 Å². The number of pyridine rings is 1. The molecule has 0 bridgehead atoms. The molecule has 3 rings (SSSR count). The number of anilines is 2. The predicted octanol–water partition coefficient (Wildman–Crippen LogP) is 2.77. The van der Waals surface area contributed by atoms with Crippen LogP contribution in [0, 0.1) is 0 Å². The van der Waals surface area contributed by atoms with Gasteiger partial charge < -0.3 is 16.6 Å². The van der Waals surface area contributed by atoms with E-state index in [1.165, 1.54) is 0 Å². The number of nitrogens with two attached hydrogens (primary N) is 2. The van der Waals surface area contributed by atoms with Crippen LogP contribution in [-0.4, -0.2) is 10.1 Å². The Balaban J connectivity index is 2.22. The molecule has 0 spiro atoms. The minimum atomic E-state index is 0.237. The average molecular weight is 251 g/mol. The summed E-state index contributed by atoms with van der Waals surface area (Å²) in [6.45, 7) is 0. The fourth-order valence-corrected chi connectivity index (χ4v) is 2.16. The third kappa shape index (κ3) is 2.04. The second-order valence-corrected chi connectivity index (χ2v) is 4.42. The lowest BCUT2D eigenvalue weighted by Crippen LogP contribution is -1.97. The maximum absolute atomic E-state index is 9.53. The predicted molar refractivity (Wildman–Crippen MR) is 77.7 cm³/mol. The van der Waals surface area contributed by atoms with Crippen molar-refractivity contribution >= 4 is 22.4 Å². The molecule has 1 aromatic heterocycles. The Bertz CT molecular complexity index is 768. The third-order valence-corrected chi connectivity index (χ3v) is 3.06. The number of phenolic OH excluding ortho intramolecular Hbond substituents is 1. The van der Waals surface area contributed by atoms with E-state index in [4.69, 9.17) is 11.5 Å². The number of rotatable bonds is 1. The number of hydrogen-bond acceptors (Lipinski definition) is 4. The molecule has 1 heterocycles. The molecular formula is C15H13N3O. The summed E-state index contributed by atoms with van der Waals surface area (Å²) in [6.07, 6.45) is 0. The lowest BCUT2D eigenvalue weighted by atomic mass is 10.0. The Labute approximate surface area is 110 Å². The number of nitrogens with zero attached hydrogens (tertiary/aromatic N) is 1. The molecule has 94 valence electrons. The van der Waals surface area contributed by atoms with Crippen molar-refractivity contribution < 1.29 is 5.11 Å². The first-order valence-corrected chi connectivity index (χ1v) is 5.88. The van der Waals surface area contributed by atoms with Gasteiger partial charge in [-0.25, -0.2) is 4.98 Å². The molecule has 0 saturated heterocycles. The van der Waals surface area contributed by atoms with E-state index in [0.717, 1.165) is 21.9 Å². The van der Waals surface area contributed by atoms with E-state index >= 15 is 0 Å². The van der Waals surface area contributed by atoms with Crippen molar-refractivity contribution in [3.05, 3.63) is 48.5 Å². The quantitative estimate of drug-likeness (QED) is 0.620. The van der Waals surface area contributed by atoms with Crippen LogP contribution in [0.15, 0.2) is 48.5 Å². The number of phenols is 1. The Morgan fingerprint density at radius 3 is 2.47 bits per heavy atom. The van der Waals surface area contributed by atoms with Crippen LogP contribution >= 0.6 is 0 Å². The smallest absolute Gasteiger partial charge is 0.133 e. The van der Waals surface area contributed by atoms with Crippen molar-refractivity contribution in [2.24, 2.45) is 0 Å². The zero-order valence-electron chi connectivity index (χ0n) is 10.2. The topological polar surface area (TPSA) is 85.2 Å². The number of benzene rings is 2. The second kappa shape index (κ2) is 4.17. The van der Waals surface area contributed by atoms with Gasteiger partial charge in [-0.3, -0.25) is 0 Å². The summed E-state index contributed by atoms with van der Waals surface area (Å²) >= 11 is 0. The molecule has 0 aliphatic carbocycles.